The number of nitrogens with one attached hydrogen (secondary N) is 1. The summed E-state index contributed by atoms with van der Waals surface area (Å²) >= 11 is 0. The Morgan fingerprint density at radius 2 is 2.05 bits per heavy atom. The molecule has 1 saturated carbocycles. The first-order chi connectivity index (χ1) is 10.7. The normalized spacial score (nSPS) is 21.3. The second kappa shape index (κ2) is 7.28. The van der Waals surface area contributed by atoms with Gasteiger partial charge < -0.3 is 10.2 Å². The lowest BCUT2D eigenvalue weighted by Crippen LogP contribution is -2.27. The van der Waals surface area contributed by atoms with Crippen molar-refractivity contribution >= 4 is 11.6 Å². The van der Waals surface area contributed by atoms with Gasteiger partial charge in [0.05, 0.1) is 0 Å². The number of hydrogen-bond donors (Lipinski definition) is 1. The molecule has 1 unspecified atom stereocenters. The Balaban J connectivity index is 1.59. The van der Waals surface area contributed by atoms with Gasteiger partial charge in [-0.1, -0.05) is 31.4 Å². The van der Waals surface area contributed by atoms with Crippen LogP contribution >= 0.6 is 0 Å². The summed E-state index contributed by atoms with van der Waals surface area (Å²) in [6, 6.07) is 8.83. The van der Waals surface area contributed by atoms with Gasteiger partial charge in [0.15, 0.2) is 0 Å². The van der Waals surface area contributed by atoms with Gasteiger partial charge in [0.25, 0.3) is 0 Å². The molecule has 1 N–H and O–H groups in total. The van der Waals surface area contributed by atoms with Crippen molar-refractivity contribution in [3.05, 3.63) is 29.8 Å². The van der Waals surface area contributed by atoms with Gasteiger partial charge in [0.2, 0.25) is 5.91 Å². The number of anilines is 1. The van der Waals surface area contributed by atoms with Crippen molar-refractivity contribution in [3.63, 3.8) is 0 Å². The van der Waals surface area contributed by atoms with Crippen molar-refractivity contribution in [3.8, 4) is 0 Å². The maximum Gasteiger partial charge on any atom is 0.227 e. The minimum Gasteiger partial charge on any atom is -0.312 e. The highest BCUT2D eigenvalue weighted by Gasteiger charge is 2.22. The molecule has 1 atom stereocenters. The molecule has 2 fully saturated rings. The molecule has 1 heterocycles. The molecule has 0 radical (unpaired) electrons. The summed E-state index contributed by atoms with van der Waals surface area (Å²) in [4.78, 5) is 13.8. The highest BCUT2D eigenvalue weighted by Crippen LogP contribution is 2.26. The van der Waals surface area contributed by atoms with Crippen LogP contribution in [0.4, 0.5) is 5.69 Å². The van der Waals surface area contributed by atoms with E-state index in [0.717, 1.165) is 31.1 Å². The molecule has 1 aliphatic carbocycles. The summed E-state index contributed by atoms with van der Waals surface area (Å²) in [6.45, 7) is 4.22. The average Bonchev–Trinajstić information content (AvgIpc) is 3.00. The predicted octanol–water partition coefficient (Wildman–Crippen LogP) is 4.04. The van der Waals surface area contributed by atoms with Gasteiger partial charge in [-0.3, -0.25) is 4.79 Å². The zero-order valence-electron chi connectivity index (χ0n) is 13.7. The van der Waals surface area contributed by atoms with Crippen molar-refractivity contribution in [1.82, 2.24) is 5.32 Å². The van der Waals surface area contributed by atoms with Gasteiger partial charge in [0.1, 0.15) is 0 Å². The zero-order chi connectivity index (χ0) is 15.4. The topological polar surface area (TPSA) is 32.3 Å². The standard InChI is InChI=1S/C19H28N2O/c1-15(20-14-16-7-3-2-4-8-16)17-9-5-10-18(13-17)21-12-6-11-19(21)22/h5,9-10,13,15-16,20H,2-4,6-8,11-12,14H2,1H3. The Morgan fingerprint density at radius 1 is 1.23 bits per heavy atom. The summed E-state index contributed by atoms with van der Waals surface area (Å²) in [5.41, 5.74) is 2.35. The Hall–Kier alpha value is -1.35. The van der Waals surface area contributed by atoms with Crippen LogP contribution in [0.15, 0.2) is 24.3 Å². The summed E-state index contributed by atoms with van der Waals surface area (Å²) < 4.78 is 0. The SMILES string of the molecule is CC(NCC1CCCCC1)c1cccc(N2CCCC2=O)c1. The van der Waals surface area contributed by atoms with Crippen molar-refractivity contribution in [1.29, 1.82) is 0 Å². The Labute approximate surface area is 134 Å². The second-order valence-corrected chi connectivity index (χ2v) is 6.88. The Bertz CT molecular complexity index is 508. The van der Waals surface area contributed by atoms with E-state index in [9.17, 15) is 4.79 Å². The van der Waals surface area contributed by atoms with Crippen molar-refractivity contribution in [2.75, 3.05) is 18.0 Å². The molecule has 0 bridgehead atoms. The number of hydrogen-bond acceptors (Lipinski definition) is 2. The maximum absolute atomic E-state index is 11.9. The van der Waals surface area contributed by atoms with Crippen LogP contribution in [-0.2, 0) is 4.79 Å². The Morgan fingerprint density at radius 3 is 2.77 bits per heavy atom. The molecule has 3 rings (SSSR count). The summed E-state index contributed by atoms with van der Waals surface area (Å²) in [7, 11) is 0. The lowest BCUT2D eigenvalue weighted by molar-refractivity contribution is -0.117. The van der Waals surface area contributed by atoms with E-state index in [1.807, 2.05) is 4.90 Å². The molecule has 0 aromatic heterocycles. The van der Waals surface area contributed by atoms with E-state index in [-0.39, 0.29) is 5.91 Å². The third-order valence-electron chi connectivity index (χ3n) is 5.19. The zero-order valence-corrected chi connectivity index (χ0v) is 13.7. The van der Waals surface area contributed by atoms with Gasteiger partial charge in [-0.25, -0.2) is 0 Å². The first-order valence-electron chi connectivity index (χ1n) is 8.88. The van der Waals surface area contributed by atoms with Gasteiger partial charge in [0, 0.05) is 24.7 Å². The van der Waals surface area contributed by atoms with Crippen LogP contribution in [-0.4, -0.2) is 19.0 Å². The van der Waals surface area contributed by atoms with Crippen molar-refractivity contribution in [2.24, 2.45) is 5.92 Å². The lowest BCUT2D eigenvalue weighted by atomic mass is 9.89. The molecular formula is C19H28N2O. The molecule has 0 spiro atoms. The van der Waals surface area contributed by atoms with Gasteiger partial charge in [-0.2, -0.15) is 0 Å². The van der Waals surface area contributed by atoms with Gasteiger partial charge in [-0.15, -0.1) is 0 Å². The van der Waals surface area contributed by atoms with Crippen LogP contribution in [0.25, 0.3) is 0 Å². The van der Waals surface area contributed by atoms with E-state index in [0.29, 0.717) is 12.5 Å². The minimum absolute atomic E-state index is 0.264. The molecule has 1 aromatic rings. The fourth-order valence-electron chi connectivity index (χ4n) is 3.74. The quantitative estimate of drug-likeness (QED) is 0.890. The molecule has 1 aromatic carbocycles. The molecular weight excluding hydrogens is 272 g/mol. The molecule has 120 valence electrons. The van der Waals surface area contributed by atoms with Crippen LogP contribution in [0.2, 0.25) is 0 Å². The van der Waals surface area contributed by atoms with E-state index in [1.165, 1.54) is 37.7 Å². The molecule has 3 heteroatoms. The molecule has 1 amide bonds. The van der Waals surface area contributed by atoms with Crippen LogP contribution in [0, 0.1) is 5.92 Å². The molecule has 2 aliphatic rings. The van der Waals surface area contributed by atoms with E-state index >= 15 is 0 Å². The fourth-order valence-corrected chi connectivity index (χ4v) is 3.74. The smallest absolute Gasteiger partial charge is 0.227 e. The van der Waals surface area contributed by atoms with E-state index in [1.54, 1.807) is 0 Å². The summed E-state index contributed by atoms with van der Waals surface area (Å²) in [6.07, 6.45) is 8.64. The van der Waals surface area contributed by atoms with Crippen LogP contribution in [0.5, 0.6) is 0 Å². The third-order valence-corrected chi connectivity index (χ3v) is 5.19. The number of benzene rings is 1. The minimum atomic E-state index is 0.264. The molecule has 22 heavy (non-hydrogen) atoms. The largest absolute Gasteiger partial charge is 0.312 e. The van der Waals surface area contributed by atoms with Gasteiger partial charge in [-0.05, 0) is 56.3 Å². The van der Waals surface area contributed by atoms with Crippen molar-refractivity contribution in [2.45, 2.75) is 57.9 Å². The number of amides is 1. The summed E-state index contributed by atoms with van der Waals surface area (Å²) in [5.74, 6) is 1.11. The first kappa shape index (κ1) is 15.5. The maximum atomic E-state index is 11.9. The average molecular weight is 300 g/mol. The summed E-state index contributed by atoms with van der Waals surface area (Å²) in [5, 5.41) is 3.69. The lowest BCUT2D eigenvalue weighted by Gasteiger charge is -2.25. The number of carbonyl (C=O) groups is 1. The van der Waals surface area contributed by atoms with Crippen LogP contribution in [0.3, 0.4) is 0 Å². The van der Waals surface area contributed by atoms with E-state index in [4.69, 9.17) is 0 Å². The number of carbonyl (C=O) groups excluding carboxylic acids is 1. The number of nitrogens with zero attached hydrogens (tertiary/aromatic N) is 1. The van der Waals surface area contributed by atoms with Crippen LogP contribution < -0.4 is 10.2 Å². The first-order valence-corrected chi connectivity index (χ1v) is 8.88. The number of rotatable bonds is 5. The van der Waals surface area contributed by atoms with E-state index < -0.39 is 0 Å². The fraction of sp³-hybridized carbons (Fsp3) is 0.632. The van der Waals surface area contributed by atoms with Gasteiger partial charge >= 0.3 is 0 Å². The highest BCUT2D eigenvalue weighted by molar-refractivity contribution is 5.95. The third kappa shape index (κ3) is 3.70. The van der Waals surface area contributed by atoms with Crippen LogP contribution in [0.1, 0.15) is 63.5 Å². The second-order valence-electron chi connectivity index (χ2n) is 6.88. The molecule has 3 nitrogen and oxygen atoms in total. The molecule has 1 aliphatic heterocycles. The van der Waals surface area contributed by atoms with E-state index in [2.05, 4.69) is 36.5 Å². The highest BCUT2D eigenvalue weighted by atomic mass is 16.2. The predicted molar refractivity (Wildman–Crippen MR) is 91.0 cm³/mol. The monoisotopic (exact) mass is 300 g/mol. The van der Waals surface area contributed by atoms with Crippen molar-refractivity contribution < 1.29 is 4.79 Å². The Kier molecular flexibility index (Phi) is 5.14. The molecule has 1 saturated heterocycles.